The van der Waals surface area contributed by atoms with E-state index in [4.69, 9.17) is 9.47 Å². The van der Waals surface area contributed by atoms with Gasteiger partial charge in [0.05, 0.1) is 11.8 Å². The molecule has 0 spiro atoms. The molecule has 0 radical (unpaired) electrons. The Labute approximate surface area is 257 Å². The lowest BCUT2D eigenvalue weighted by molar-refractivity contribution is -0.161. The number of carbonyl (C=O) groups is 2. The van der Waals surface area contributed by atoms with E-state index in [1.54, 1.807) is 0 Å². The van der Waals surface area contributed by atoms with Gasteiger partial charge in [-0.3, -0.25) is 9.59 Å². The second kappa shape index (κ2) is 18.3. The van der Waals surface area contributed by atoms with E-state index in [1.807, 2.05) is 0 Å². The second-order valence-electron chi connectivity index (χ2n) is 14.6. The first-order valence-corrected chi connectivity index (χ1v) is 18.4. The van der Waals surface area contributed by atoms with E-state index >= 15 is 0 Å². The summed E-state index contributed by atoms with van der Waals surface area (Å²) in [7, 11) is 0. The highest BCUT2D eigenvalue weighted by atomic mass is 16.5. The normalized spacial score (nSPS) is 31.5. The topological polar surface area (TPSA) is 76.4 Å². The van der Waals surface area contributed by atoms with Crippen molar-refractivity contribution in [3.8, 4) is 6.07 Å². The first-order valence-electron chi connectivity index (χ1n) is 18.4. The highest BCUT2D eigenvalue weighted by Crippen LogP contribution is 2.43. The summed E-state index contributed by atoms with van der Waals surface area (Å²) < 4.78 is 11.7. The van der Waals surface area contributed by atoms with Crippen LogP contribution >= 0.6 is 0 Å². The van der Waals surface area contributed by atoms with Gasteiger partial charge in [-0.25, -0.2) is 0 Å². The molecule has 0 aromatic rings. The zero-order chi connectivity index (χ0) is 29.6. The predicted molar refractivity (Wildman–Crippen MR) is 167 cm³/mol. The molecule has 0 N–H and O–H groups in total. The fourth-order valence-electron chi connectivity index (χ4n) is 8.73. The summed E-state index contributed by atoms with van der Waals surface area (Å²) in [5, 5.41) is 9.57. The van der Waals surface area contributed by atoms with Crippen molar-refractivity contribution in [2.45, 2.75) is 180 Å². The maximum Gasteiger partial charge on any atom is 0.310 e. The second-order valence-corrected chi connectivity index (χ2v) is 14.6. The van der Waals surface area contributed by atoms with Gasteiger partial charge in [0.25, 0.3) is 0 Å². The number of nitrogens with zero attached hydrogens (tertiary/aromatic N) is 1. The minimum absolute atomic E-state index is 0.000258. The first-order chi connectivity index (χ1) is 20.6. The van der Waals surface area contributed by atoms with Crippen molar-refractivity contribution in [1.29, 1.82) is 5.26 Å². The van der Waals surface area contributed by atoms with Crippen LogP contribution in [0, 0.1) is 46.8 Å². The van der Waals surface area contributed by atoms with Crippen LogP contribution in [-0.4, -0.2) is 24.1 Å². The van der Waals surface area contributed by atoms with Crippen LogP contribution < -0.4 is 0 Å². The molecule has 42 heavy (non-hydrogen) atoms. The monoisotopic (exact) mass is 583 g/mol. The van der Waals surface area contributed by atoms with Crippen molar-refractivity contribution >= 4 is 11.9 Å². The average Bonchev–Trinajstić information content (AvgIpc) is 3.04. The van der Waals surface area contributed by atoms with Crippen LogP contribution in [0.25, 0.3) is 0 Å². The molecule has 0 aromatic carbocycles. The van der Waals surface area contributed by atoms with E-state index in [1.165, 1.54) is 96.3 Å². The smallest absolute Gasteiger partial charge is 0.310 e. The Hall–Kier alpha value is -1.57. The van der Waals surface area contributed by atoms with Gasteiger partial charge in [0.15, 0.2) is 6.10 Å². The molecule has 0 heterocycles. The number of ether oxygens (including phenoxy) is 2. The standard InChI is InChI=1S/C37H61NO4/c1-2-3-4-5-6-7-9-12-28-15-17-29(18-16-28)30-19-21-32(22-20-30)36(39)41-34-25-23-33(24-26-34)37(40)42-35(27-38)31-13-10-8-11-14-31/h28-35H,2-26H2,1H3. The molecule has 5 nitrogen and oxygen atoms in total. The van der Waals surface area contributed by atoms with Gasteiger partial charge in [-0.15, -0.1) is 0 Å². The molecule has 4 saturated carbocycles. The number of carbonyl (C=O) groups excluding carboxylic acids is 2. The third-order valence-electron chi connectivity index (χ3n) is 11.6. The third kappa shape index (κ3) is 10.6. The molecule has 0 aliphatic heterocycles. The maximum atomic E-state index is 13.0. The van der Waals surface area contributed by atoms with Gasteiger partial charge >= 0.3 is 11.9 Å². The number of rotatable bonds is 14. The van der Waals surface area contributed by atoms with E-state index in [9.17, 15) is 14.9 Å². The van der Waals surface area contributed by atoms with E-state index in [0.717, 1.165) is 69.1 Å². The van der Waals surface area contributed by atoms with Crippen LogP contribution in [0.2, 0.25) is 0 Å². The molecular formula is C37H61NO4. The molecule has 238 valence electrons. The van der Waals surface area contributed by atoms with Crippen LogP contribution in [-0.2, 0) is 19.1 Å². The van der Waals surface area contributed by atoms with Crippen LogP contribution in [0.15, 0.2) is 0 Å². The lowest BCUT2D eigenvalue weighted by Crippen LogP contribution is -2.35. The number of hydrogen-bond donors (Lipinski definition) is 0. The Morgan fingerprint density at radius 3 is 1.83 bits per heavy atom. The summed E-state index contributed by atoms with van der Waals surface area (Å²) in [6.45, 7) is 2.29. The van der Waals surface area contributed by atoms with Gasteiger partial charge in [-0.1, -0.05) is 90.4 Å². The van der Waals surface area contributed by atoms with E-state index < -0.39 is 6.10 Å². The lowest BCUT2D eigenvalue weighted by atomic mass is 9.68. The van der Waals surface area contributed by atoms with Crippen LogP contribution in [0.4, 0.5) is 0 Å². The SMILES string of the molecule is CCCCCCCCCC1CCC(C2CCC(C(=O)OC3CCC(C(=O)OC(C#N)C4CCCCC4)CC3)CC2)CC1. The molecule has 4 fully saturated rings. The number of esters is 2. The van der Waals surface area contributed by atoms with Gasteiger partial charge in [0.2, 0.25) is 0 Å². The Morgan fingerprint density at radius 1 is 0.667 bits per heavy atom. The Kier molecular flexibility index (Phi) is 14.5. The summed E-state index contributed by atoms with van der Waals surface area (Å²) in [5.74, 6) is 2.51. The minimum atomic E-state index is -0.603. The summed E-state index contributed by atoms with van der Waals surface area (Å²) in [4.78, 5) is 25.8. The minimum Gasteiger partial charge on any atom is -0.462 e. The summed E-state index contributed by atoms with van der Waals surface area (Å²) in [5.41, 5.74) is 0. The zero-order valence-electron chi connectivity index (χ0n) is 26.9. The van der Waals surface area contributed by atoms with Crippen molar-refractivity contribution in [2.24, 2.45) is 35.5 Å². The van der Waals surface area contributed by atoms with Gasteiger partial charge in [0, 0.05) is 5.92 Å². The molecule has 4 aliphatic carbocycles. The van der Waals surface area contributed by atoms with E-state index in [0.29, 0.717) is 12.8 Å². The Balaban J connectivity index is 1.06. The summed E-state index contributed by atoms with van der Waals surface area (Å²) in [6.07, 6.45) is 28.9. The van der Waals surface area contributed by atoms with Crippen molar-refractivity contribution in [3.05, 3.63) is 0 Å². The highest BCUT2D eigenvalue weighted by Gasteiger charge is 2.36. The predicted octanol–water partition coefficient (Wildman–Crippen LogP) is 9.86. The quantitative estimate of drug-likeness (QED) is 0.150. The summed E-state index contributed by atoms with van der Waals surface area (Å²) in [6, 6.07) is 2.24. The molecular weight excluding hydrogens is 522 g/mol. The van der Waals surface area contributed by atoms with Crippen LogP contribution in [0.5, 0.6) is 0 Å². The molecule has 0 aromatic heterocycles. The largest absolute Gasteiger partial charge is 0.462 e. The van der Waals surface area contributed by atoms with Crippen molar-refractivity contribution in [3.63, 3.8) is 0 Å². The fourth-order valence-corrected chi connectivity index (χ4v) is 8.73. The molecule has 0 amide bonds. The van der Waals surface area contributed by atoms with Gasteiger partial charge in [-0.05, 0) is 94.8 Å². The number of hydrogen-bond acceptors (Lipinski definition) is 5. The number of nitriles is 1. The first kappa shape index (κ1) is 33.3. The fraction of sp³-hybridized carbons (Fsp3) is 0.919. The summed E-state index contributed by atoms with van der Waals surface area (Å²) >= 11 is 0. The highest BCUT2D eigenvalue weighted by molar-refractivity contribution is 5.74. The van der Waals surface area contributed by atoms with Crippen molar-refractivity contribution < 1.29 is 19.1 Å². The molecule has 4 rings (SSSR count). The van der Waals surface area contributed by atoms with Crippen molar-refractivity contribution in [2.75, 3.05) is 0 Å². The van der Waals surface area contributed by atoms with E-state index in [-0.39, 0.29) is 35.8 Å². The zero-order valence-corrected chi connectivity index (χ0v) is 26.9. The van der Waals surface area contributed by atoms with E-state index in [2.05, 4.69) is 13.0 Å². The third-order valence-corrected chi connectivity index (χ3v) is 11.6. The molecule has 1 unspecified atom stereocenters. The molecule has 0 saturated heterocycles. The van der Waals surface area contributed by atoms with Gasteiger partial charge in [-0.2, -0.15) is 5.26 Å². The average molecular weight is 584 g/mol. The molecule has 0 bridgehead atoms. The molecule has 1 atom stereocenters. The number of unbranched alkanes of at least 4 members (excludes halogenated alkanes) is 6. The Morgan fingerprint density at radius 2 is 1.21 bits per heavy atom. The lowest BCUT2D eigenvalue weighted by Gasteiger charge is -2.38. The van der Waals surface area contributed by atoms with Crippen molar-refractivity contribution in [1.82, 2.24) is 0 Å². The van der Waals surface area contributed by atoms with Crippen LogP contribution in [0.1, 0.15) is 167 Å². The Bertz CT molecular complexity index is 821. The maximum absolute atomic E-state index is 13.0. The molecule has 4 aliphatic rings. The molecule has 5 heteroatoms. The van der Waals surface area contributed by atoms with Gasteiger partial charge < -0.3 is 9.47 Å². The van der Waals surface area contributed by atoms with Crippen LogP contribution in [0.3, 0.4) is 0 Å². The van der Waals surface area contributed by atoms with Gasteiger partial charge in [0.1, 0.15) is 12.2 Å².